The highest BCUT2D eigenvalue weighted by Gasteiger charge is 2.20. The first kappa shape index (κ1) is 18.7. The van der Waals surface area contributed by atoms with Crippen LogP contribution < -0.4 is 5.32 Å². The number of nitrogens with one attached hydrogen (secondary N) is 2. The maximum Gasteiger partial charge on any atom is 0.259 e. The van der Waals surface area contributed by atoms with Gasteiger partial charge in [0, 0.05) is 30.6 Å². The lowest BCUT2D eigenvalue weighted by molar-refractivity contribution is 0.102. The number of carbonyl (C=O) groups is 1. The molecule has 0 unspecified atom stereocenters. The van der Waals surface area contributed by atoms with Crippen molar-refractivity contribution in [3.63, 3.8) is 0 Å². The van der Waals surface area contributed by atoms with Crippen molar-refractivity contribution in [2.24, 2.45) is 7.05 Å². The van der Waals surface area contributed by atoms with E-state index in [1.165, 1.54) is 16.9 Å². The minimum Gasteiger partial charge on any atom is -0.461 e. The van der Waals surface area contributed by atoms with Gasteiger partial charge in [-0.2, -0.15) is 5.10 Å². The molecule has 0 fully saturated rings. The highest BCUT2D eigenvalue weighted by atomic mass is 19.1. The summed E-state index contributed by atoms with van der Waals surface area (Å²) in [5, 5.41) is 6.97. The van der Waals surface area contributed by atoms with Crippen LogP contribution in [0.15, 0.2) is 65.4 Å². The van der Waals surface area contributed by atoms with Gasteiger partial charge in [-0.15, -0.1) is 0 Å². The summed E-state index contributed by atoms with van der Waals surface area (Å²) in [6, 6.07) is 11.9. The number of aryl methyl sites for hydroxylation is 1. The van der Waals surface area contributed by atoms with Gasteiger partial charge in [-0.1, -0.05) is 0 Å². The second kappa shape index (κ2) is 7.21. The van der Waals surface area contributed by atoms with Crippen molar-refractivity contribution in [2.45, 2.75) is 0 Å². The average Bonchev–Trinajstić information content (AvgIpc) is 3.46. The summed E-state index contributed by atoms with van der Waals surface area (Å²) in [5.41, 5.74) is 2.26. The predicted molar refractivity (Wildman–Crippen MR) is 110 cm³/mol. The van der Waals surface area contributed by atoms with Crippen LogP contribution in [0.25, 0.3) is 33.9 Å². The second-order valence-electron chi connectivity index (χ2n) is 6.94. The van der Waals surface area contributed by atoms with Crippen molar-refractivity contribution < 1.29 is 18.0 Å². The third kappa shape index (κ3) is 3.46. The molecular weight excluding hydrogens is 404 g/mol. The van der Waals surface area contributed by atoms with E-state index in [1.54, 1.807) is 43.6 Å². The smallest absolute Gasteiger partial charge is 0.259 e. The van der Waals surface area contributed by atoms with Gasteiger partial charge in [0.15, 0.2) is 11.6 Å². The summed E-state index contributed by atoms with van der Waals surface area (Å²) in [7, 11) is 1.62. The van der Waals surface area contributed by atoms with Gasteiger partial charge in [-0.05, 0) is 42.5 Å². The summed E-state index contributed by atoms with van der Waals surface area (Å²) in [4.78, 5) is 20.5. The molecule has 0 spiro atoms. The Hall–Kier alpha value is -4.27. The molecule has 2 N–H and O–H groups in total. The number of hydrogen-bond donors (Lipinski definition) is 2. The third-order valence-electron chi connectivity index (χ3n) is 4.75. The van der Waals surface area contributed by atoms with Crippen molar-refractivity contribution in [1.29, 1.82) is 0 Å². The van der Waals surface area contributed by atoms with Gasteiger partial charge in [0.2, 0.25) is 0 Å². The number of amides is 1. The number of anilines is 1. The molecule has 5 aromatic rings. The first-order chi connectivity index (χ1) is 15.0. The molecule has 0 atom stereocenters. The third-order valence-corrected chi connectivity index (χ3v) is 4.75. The Morgan fingerprint density at radius 2 is 2.03 bits per heavy atom. The fourth-order valence-electron chi connectivity index (χ4n) is 3.35. The van der Waals surface area contributed by atoms with E-state index < -0.39 is 17.5 Å². The zero-order chi connectivity index (χ0) is 21.5. The van der Waals surface area contributed by atoms with Gasteiger partial charge in [0.1, 0.15) is 17.3 Å². The number of rotatable bonds is 4. The van der Waals surface area contributed by atoms with Gasteiger partial charge in [-0.25, -0.2) is 13.8 Å². The van der Waals surface area contributed by atoms with Crippen LogP contribution in [0, 0.1) is 11.6 Å². The fourth-order valence-corrected chi connectivity index (χ4v) is 3.35. The zero-order valence-electron chi connectivity index (χ0n) is 16.2. The second-order valence-corrected chi connectivity index (χ2v) is 6.94. The molecule has 0 saturated carbocycles. The highest BCUT2D eigenvalue weighted by Crippen LogP contribution is 2.27. The monoisotopic (exact) mass is 419 g/mol. The van der Waals surface area contributed by atoms with Crippen LogP contribution in [0.2, 0.25) is 0 Å². The van der Waals surface area contributed by atoms with Crippen molar-refractivity contribution in [3.05, 3.63) is 78.2 Å². The maximum absolute atomic E-state index is 14.3. The Balaban J connectivity index is 1.46. The van der Waals surface area contributed by atoms with E-state index in [0.717, 1.165) is 12.1 Å². The molecule has 0 aliphatic carbocycles. The first-order valence-corrected chi connectivity index (χ1v) is 9.32. The van der Waals surface area contributed by atoms with Crippen molar-refractivity contribution in [1.82, 2.24) is 19.7 Å². The number of aromatic amines is 1. The molecule has 1 amide bonds. The lowest BCUT2D eigenvalue weighted by Gasteiger charge is -2.06. The number of benzene rings is 2. The summed E-state index contributed by atoms with van der Waals surface area (Å²) in [5.74, 6) is -0.799. The quantitative estimate of drug-likeness (QED) is 0.440. The summed E-state index contributed by atoms with van der Waals surface area (Å²) < 4.78 is 34.3. The van der Waals surface area contributed by atoms with E-state index >= 15 is 0 Å². The Labute approximate surface area is 174 Å². The van der Waals surface area contributed by atoms with Crippen LogP contribution in [0.5, 0.6) is 0 Å². The summed E-state index contributed by atoms with van der Waals surface area (Å²) in [6.07, 6.45) is 3.04. The van der Waals surface area contributed by atoms with Crippen LogP contribution in [-0.2, 0) is 7.05 Å². The molecule has 7 nitrogen and oxygen atoms in total. The normalized spacial score (nSPS) is 11.2. The molecule has 31 heavy (non-hydrogen) atoms. The summed E-state index contributed by atoms with van der Waals surface area (Å²) in [6.45, 7) is 0. The largest absolute Gasteiger partial charge is 0.461 e. The van der Waals surface area contributed by atoms with Crippen LogP contribution in [0.4, 0.5) is 14.5 Å². The topological polar surface area (TPSA) is 88.7 Å². The van der Waals surface area contributed by atoms with Crippen molar-refractivity contribution in [2.75, 3.05) is 5.32 Å². The number of carbonyl (C=O) groups excluding carboxylic acids is 1. The Kier molecular flexibility index (Phi) is 4.36. The molecular formula is C22H15F2N5O2. The highest BCUT2D eigenvalue weighted by molar-refractivity contribution is 6.08. The van der Waals surface area contributed by atoms with Crippen LogP contribution in [0.1, 0.15) is 10.4 Å². The minimum absolute atomic E-state index is 0.0410. The molecule has 0 saturated heterocycles. The molecule has 3 heterocycles. The van der Waals surface area contributed by atoms with E-state index in [1.807, 2.05) is 0 Å². The van der Waals surface area contributed by atoms with E-state index in [4.69, 9.17) is 4.42 Å². The predicted octanol–water partition coefficient (Wildman–Crippen LogP) is 4.75. The van der Waals surface area contributed by atoms with Gasteiger partial charge in [0.25, 0.3) is 5.91 Å². The number of fused-ring (bicyclic) bond motifs is 1. The van der Waals surface area contributed by atoms with Gasteiger partial charge >= 0.3 is 0 Å². The number of furan rings is 1. The van der Waals surface area contributed by atoms with E-state index in [0.29, 0.717) is 28.3 Å². The fraction of sp³-hybridized carbons (Fsp3) is 0.0455. The molecule has 2 aromatic carbocycles. The van der Waals surface area contributed by atoms with Crippen LogP contribution in [-0.4, -0.2) is 25.7 Å². The molecule has 3 aromatic heterocycles. The van der Waals surface area contributed by atoms with E-state index in [2.05, 4.69) is 20.4 Å². The lowest BCUT2D eigenvalue weighted by Crippen LogP contribution is -2.12. The minimum atomic E-state index is -0.794. The van der Waals surface area contributed by atoms with Gasteiger partial charge in [-0.3, -0.25) is 9.48 Å². The Bertz CT molecular complexity index is 1420. The number of halogens is 2. The number of nitrogens with zero attached hydrogens (tertiary/aromatic N) is 3. The van der Waals surface area contributed by atoms with Crippen LogP contribution >= 0.6 is 0 Å². The molecule has 5 rings (SSSR count). The average molecular weight is 419 g/mol. The van der Waals surface area contributed by atoms with E-state index in [9.17, 15) is 13.6 Å². The SMILES string of the molecule is Cn1cc(C(=O)Nc2ccc3nc(-c4ccco4)[nH]c3c2)c(-c2ccc(F)cc2F)n1. The number of H-pyrrole nitrogens is 1. The van der Waals surface area contributed by atoms with Crippen molar-refractivity contribution in [3.8, 4) is 22.8 Å². The molecule has 0 radical (unpaired) electrons. The molecule has 0 bridgehead atoms. The first-order valence-electron chi connectivity index (χ1n) is 9.32. The molecule has 0 aliphatic heterocycles. The van der Waals surface area contributed by atoms with Gasteiger partial charge < -0.3 is 14.7 Å². The van der Waals surface area contributed by atoms with Crippen molar-refractivity contribution >= 4 is 22.6 Å². The molecule has 0 aliphatic rings. The Morgan fingerprint density at radius 3 is 2.81 bits per heavy atom. The van der Waals surface area contributed by atoms with E-state index in [-0.39, 0.29) is 16.8 Å². The Morgan fingerprint density at radius 1 is 1.16 bits per heavy atom. The van der Waals surface area contributed by atoms with Gasteiger partial charge in [0.05, 0.1) is 22.9 Å². The standard InChI is InChI=1S/C22H15F2N5O2/c1-29-11-15(20(28-29)14-6-4-12(23)9-16(14)24)22(30)25-13-5-7-17-18(10-13)27-21(26-17)19-3-2-8-31-19/h2-11H,1H3,(H,25,30)(H,26,27). The summed E-state index contributed by atoms with van der Waals surface area (Å²) >= 11 is 0. The number of aromatic nitrogens is 4. The number of imidazole rings is 1. The van der Waals surface area contributed by atoms with Crippen LogP contribution in [0.3, 0.4) is 0 Å². The zero-order valence-corrected chi connectivity index (χ0v) is 16.2. The molecule has 9 heteroatoms. The lowest BCUT2D eigenvalue weighted by atomic mass is 10.1. The maximum atomic E-state index is 14.3. The number of hydrogen-bond acceptors (Lipinski definition) is 4. The molecule has 154 valence electrons.